The number of pyridine rings is 1. The van der Waals surface area contributed by atoms with Gasteiger partial charge in [0.25, 0.3) is 5.91 Å². The molecule has 0 aliphatic carbocycles. The SMILES string of the molecule is CCNc1ccnc(C(=O)NCCC2CCCO2)c1. The van der Waals surface area contributed by atoms with Gasteiger partial charge in [-0.15, -0.1) is 0 Å². The molecule has 19 heavy (non-hydrogen) atoms. The van der Waals surface area contributed by atoms with Gasteiger partial charge in [0.1, 0.15) is 5.69 Å². The maximum absolute atomic E-state index is 11.9. The van der Waals surface area contributed by atoms with Crippen LogP contribution in [0.3, 0.4) is 0 Å². The van der Waals surface area contributed by atoms with E-state index in [1.807, 2.05) is 13.0 Å². The van der Waals surface area contributed by atoms with E-state index in [1.165, 1.54) is 0 Å². The van der Waals surface area contributed by atoms with E-state index in [1.54, 1.807) is 12.3 Å². The number of hydrogen-bond donors (Lipinski definition) is 2. The third-order valence-electron chi connectivity index (χ3n) is 3.15. The van der Waals surface area contributed by atoms with E-state index < -0.39 is 0 Å². The number of nitrogens with one attached hydrogen (secondary N) is 2. The van der Waals surface area contributed by atoms with Crippen LogP contribution >= 0.6 is 0 Å². The van der Waals surface area contributed by atoms with E-state index in [2.05, 4.69) is 15.6 Å². The standard InChI is InChI=1S/C14H21N3O2/c1-2-15-11-5-7-16-13(10-11)14(18)17-8-6-12-4-3-9-19-12/h5,7,10,12H,2-4,6,8-9H2,1H3,(H,15,16)(H,17,18). The molecule has 1 aliphatic rings. The van der Waals surface area contributed by atoms with Gasteiger partial charge in [0, 0.05) is 31.6 Å². The molecule has 104 valence electrons. The Morgan fingerprint density at radius 1 is 1.58 bits per heavy atom. The second kappa shape index (κ2) is 7.09. The lowest BCUT2D eigenvalue weighted by atomic mass is 10.2. The fourth-order valence-corrected chi connectivity index (χ4v) is 2.18. The first-order valence-electron chi connectivity index (χ1n) is 6.89. The molecule has 2 heterocycles. The number of ether oxygens (including phenoxy) is 1. The molecule has 1 atom stereocenters. The second-order valence-corrected chi connectivity index (χ2v) is 4.64. The van der Waals surface area contributed by atoms with Crippen LogP contribution in [0.25, 0.3) is 0 Å². The Hall–Kier alpha value is -1.62. The van der Waals surface area contributed by atoms with Crippen molar-refractivity contribution in [1.82, 2.24) is 10.3 Å². The molecule has 1 aliphatic heterocycles. The maximum Gasteiger partial charge on any atom is 0.269 e. The number of hydrogen-bond acceptors (Lipinski definition) is 4. The lowest BCUT2D eigenvalue weighted by Crippen LogP contribution is -2.27. The van der Waals surface area contributed by atoms with E-state index in [0.717, 1.165) is 38.1 Å². The molecule has 1 amide bonds. The lowest BCUT2D eigenvalue weighted by Gasteiger charge is -2.10. The molecule has 1 unspecified atom stereocenters. The second-order valence-electron chi connectivity index (χ2n) is 4.64. The number of anilines is 1. The van der Waals surface area contributed by atoms with Gasteiger partial charge in [-0.3, -0.25) is 9.78 Å². The Balaban J connectivity index is 1.79. The molecule has 1 saturated heterocycles. The lowest BCUT2D eigenvalue weighted by molar-refractivity contribution is 0.0903. The summed E-state index contributed by atoms with van der Waals surface area (Å²) in [5.41, 5.74) is 1.37. The quantitative estimate of drug-likeness (QED) is 0.821. The third kappa shape index (κ3) is 4.21. The Morgan fingerprint density at radius 3 is 3.21 bits per heavy atom. The van der Waals surface area contributed by atoms with Crippen LogP contribution in [0.5, 0.6) is 0 Å². The number of carbonyl (C=O) groups is 1. The Morgan fingerprint density at radius 2 is 2.47 bits per heavy atom. The minimum Gasteiger partial charge on any atom is -0.385 e. The van der Waals surface area contributed by atoms with Gasteiger partial charge in [0.2, 0.25) is 0 Å². The molecule has 1 aromatic rings. The smallest absolute Gasteiger partial charge is 0.269 e. The highest BCUT2D eigenvalue weighted by molar-refractivity contribution is 5.93. The summed E-state index contributed by atoms with van der Waals surface area (Å²) in [5.74, 6) is -0.127. The molecular formula is C14H21N3O2. The summed E-state index contributed by atoms with van der Waals surface area (Å²) in [6.45, 7) is 4.33. The van der Waals surface area contributed by atoms with Crippen molar-refractivity contribution in [2.45, 2.75) is 32.3 Å². The highest BCUT2D eigenvalue weighted by Crippen LogP contribution is 2.14. The first kappa shape index (κ1) is 13.8. The first-order valence-corrected chi connectivity index (χ1v) is 6.89. The third-order valence-corrected chi connectivity index (χ3v) is 3.15. The van der Waals surface area contributed by atoms with Crippen molar-refractivity contribution >= 4 is 11.6 Å². The van der Waals surface area contributed by atoms with Crippen LogP contribution in [-0.4, -0.2) is 36.7 Å². The van der Waals surface area contributed by atoms with Crippen LogP contribution in [0, 0.1) is 0 Å². The van der Waals surface area contributed by atoms with Crippen LogP contribution in [0.1, 0.15) is 36.7 Å². The molecule has 1 fully saturated rings. The molecular weight excluding hydrogens is 242 g/mol. The topological polar surface area (TPSA) is 63.2 Å². The summed E-state index contributed by atoms with van der Waals surface area (Å²) >= 11 is 0. The summed E-state index contributed by atoms with van der Waals surface area (Å²) in [4.78, 5) is 16.0. The van der Waals surface area contributed by atoms with Gasteiger partial charge in [0.05, 0.1) is 6.10 Å². The Labute approximate surface area is 113 Å². The van der Waals surface area contributed by atoms with Crippen molar-refractivity contribution in [3.8, 4) is 0 Å². The van der Waals surface area contributed by atoms with Gasteiger partial charge in [-0.2, -0.15) is 0 Å². The predicted molar refractivity (Wildman–Crippen MR) is 74.3 cm³/mol. The van der Waals surface area contributed by atoms with Crippen LogP contribution in [0.2, 0.25) is 0 Å². The molecule has 0 saturated carbocycles. The highest BCUT2D eigenvalue weighted by atomic mass is 16.5. The molecule has 5 nitrogen and oxygen atoms in total. The van der Waals surface area contributed by atoms with Crippen LogP contribution in [0.15, 0.2) is 18.3 Å². The van der Waals surface area contributed by atoms with Gasteiger partial charge in [-0.05, 0) is 38.3 Å². The summed E-state index contributed by atoms with van der Waals surface area (Å²) in [7, 11) is 0. The van der Waals surface area contributed by atoms with Crippen molar-refractivity contribution in [3.05, 3.63) is 24.0 Å². The summed E-state index contributed by atoms with van der Waals surface area (Å²) in [6.07, 6.45) is 5.06. The van der Waals surface area contributed by atoms with Crippen molar-refractivity contribution in [3.63, 3.8) is 0 Å². The Bertz CT molecular complexity index is 417. The molecule has 0 bridgehead atoms. The average molecular weight is 263 g/mol. The fraction of sp³-hybridized carbons (Fsp3) is 0.571. The summed E-state index contributed by atoms with van der Waals surface area (Å²) in [5, 5.41) is 6.05. The van der Waals surface area contributed by atoms with Crippen molar-refractivity contribution in [2.75, 3.05) is 25.0 Å². The zero-order chi connectivity index (χ0) is 13.5. The predicted octanol–water partition coefficient (Wildman–Crippen LogP) is 1.81. The van der Waals surface area contributed by atoms with E-state index in [4.69, 9.17) is 4.74 Å². The van der Waals surface area contributed by atoms with Crippen molar-refractivity contribution < 1.29 is 9.53 Å². The monoisotopic (exact) mass is 263 g/mol. The zero-order valence-electron chi connectivity index (χ0n) is 11.3. The molecule has 0 radical (unpaired) electrons. The van der Waals surface area contributed by atoms with Gasteiger partial charge < -0.3 is 15.4 Å². The van der Waals surface area contributed by atoms with Crippen LogP contribution in [0.4, 0.5) is 5.69 Å². The molecule has 2 rings (SSSR count). The molecule has 0 aromatic carbocycles. The number of rotatable bonds is 6. The zero-order valence-corrected chi connectivity index (χ0v) is 11.3. The van der Waals surface area contributed by atoms with E-state index in [-0.39, 0.29) is 5.91 Å². The van der Waals surface area contributed by atoms with E-state index in [9.17, 15) is 4.79 Å². The number of aromatic nitrogens is 1. The fourth-order valence-electron chi connectivity index (χ4n) is 2.18. The summed E-state index contributed by atoms with van der Waals surface area (Å²) in [6, 6.07) is 3.62. The number of amides is 1. The molecule has 5 heteroatoms. The first-order chi connectivity index (χ1) is 9.29. The van der Waals surface area contributed by atoms with Crippen molar-refractivity contribution in [1.29, 1.82) is 0 Å². The highest BCUT2D eigenvalue weighted by Gasteiger charge is 2.15. The molecule has 2 N–H and O–H groups in total. The van der Waals surface area contributed by atoms with Crippen LogP contribution < -0.4 is 10.6 Å². The maximum atomic E-state index is 11.9. The minimum atomic E-state index is -0.127. The molecule has 1 aromatic heterocycles. The average Bonchev–Trinajstić information content (AvgIpc) is 2.92. The van der Waals surface area contributed by atoms with Crippen LogP contribution in [-0.2, 0) is 4.74 Å². The van der Waals surface area contributed by atoms with E-state index in [0.29, 0.717) is 18.3 Å². The summed E-state index contributed by atoms with van der Waals surface area (Å²) < 4.78 is 5.51. The van der Waals surface area contributed by atoms with Gasteiger partial charge in [-0.1, -0.05) is 0 Å². The minimum absolute atomic E-state index is 0.127. The number of carbonyl (C=O) groups excluding carboxylic acids is 1. The van der Waals surface area contributed by atoms with Gasteiger partial charge >= 0.3 is 0 Å². The normalized spacial score (nSPS) is 18.3. The van der Waals surface area contributed by atoms with Crippen molar-refractivity contribution in [2.24, 2.45) is 0 Å². The largest absolute Gasteiger partial charge is 0.385 e. The van der Waals surface area contributed by atoms with Gasteiger partial charge in [-0.25, -0.2) is 0 Å². The van der Waals surface area contributed by atoms with Gasteiger partial charge in [0.15, 0.2) is 0 Å². The Kier molecular flexibility index (Phi) is 5.15. The molecule has 0 spiro atoms. The number of nitrogens with zero attached hydrogens (tertiary/aromatic N) is 1. The van der Waals surface area contributed by atoms with E-state index >= 15 is 0 Å².